The van der Waals surface area contributed by atoms with Gasteiger partial charge in [-0.1, -0.05) is 13.3 Å². The van der Waals surface area contributed by atoms with Crippen LogP contribution < -0.4 is 5.32 Å². The summed E-state index contributed by atoms with van der Waals surface area (Å²) in [6.07, 6.45) is 3.35. The molecule has 0 aromatic rings. The van der Waals surface area contributed by atoms with Gasteiger partial charge in [-0.3, -0.25) is 0 Å². The van der Waals surface area contributed by atoms with Crippen molar-refractivity contribution in [2.75, 3.05) is 25.6 Å². The fourth-order valence-corrected chi connectivity index (χ4v) is 1.61. The molecule has 14 heavy (non-hydrogen) atoms. The summed E-state index contributed by atoms with van der Waals surface area (Å²) in [6, 6.07) is 0. The van der Waals surface area contributed by atoms with Crippen LogP contribution in [0.5, 0.6) is 0 Å². The Morgan fingerprint density at radius 1 is 1.29 bits per heavy atom. The van der Waals surface area contributed by atoms with E-state index < -0.39 is 0 Å². The zero-order valence-corrected chi connectivity index (χ0v) is 10.5. The Bertz CT molecular complexity index is 128. The minimum Gasteiger partial charge on any atom is -0.380 e. The highest BCUT2D eigenvalue weighted by Crippen LogP contribution is 2.08. The Kier molecular flexibility index (Phi) is 8.64. The molecular formula is C11H24ClNO. The zero-order chi connectivity index (χ0) is 10.9. The summed E-state index contributed by atoms with van der Waals surface area (Å²) >= 11 is 5.70. The van der Waals surface area contributed by atoms with Crippen molar-refractivity contribution in [2.24, 2.45) is 0 Å². The molecule has 0 spiro atoms. The van der Waals surface area contributed by atoms with Gasteiger partial charge in [0.15, 0.2) is 0 Å². The van der Waals surface area contributed by atoms with E-state index in [4.69, 9.17) is 16.3 Å². The molecule has 0 saturated carbocycles. The summed E-state index contributed by atoms with van der Waals surface area (Å²) in [6.45, 7) is 9.10. The van der Waals surface area contributed by atoms with Crippen LogP contribution in [0.1, 0.15) is 40.0 Å². The summed E-state index contributed by atoms with van der Waals surface area (Å²) in [5.41, 5.74) is 0.135. The number of nitrogens with one attached hydrogen (secondary N) is 1. The zero-order valence-electron chi connectivity index (χ0n) is 9.74. The smallest absolute Gasteiger partial charge is 0.0591 e. The lowest BCUT2D eigenvalue weighted by Gasteiger charge is -2.25. The van der Waals surface area contributed by atoms with Crippen molar-refractivity contribution in [3.05, 3.63) is 0 Å². The molecule has 0 bridgehead atoms. The number of rotatable bonds is 9. The SMILES string of the molecule is CCCCOCCNC(C)(C)CCCl. The summed E-state index contributed by atoms with van der Waals surface area (Å²) in [7, 11) is 0. The maximum Gasteiger partial charge on any atom is 0.0591 e. The van der Waals surface area contributed by atoms with E-state index in [-0.39, 0.29) is 5.54 Å². The summed E-state index contributed by atoms with van der Waals surface area (Å²) in [4.78, 5) is 0. The highest BCUT2D eigenvalue weighted by molar-refractivity contribution is 6.17. The van der Waals surface area contributed by atoms with Gasteiger partial charge in [0.05, 0.1) is 6.61 Å². The van der Waals surface area contributed by atoms with E-state index in [9.17, 15) is 0 Å². The van der Waals surface area contributed by atoms with Crippen molar-refractivity contribution in [2.45, 2.75) is 45.6 Å². The van der Waals surface area contributed by atoms with Crippen LogP contribution in [0.25, 0.3) is 0 Å². The van der Waals surface area contributed by atoms with Crippen molar-refractivity contribution >= 4 is 11.6 Å². The largest absolute Gasteiger partial charge is 0.380 e. The van der Waals surface area contributed by atoms with Crippen LogP contribution in [0.2, 0.25) is 0 Å². The molecule has 0 atom stereocenters. The average molecular weight is 222 g/mol. The van der Waals surface area contributed by atoms with Gasteiger partial charge < -0.3 is 10.1 Å². The summed E-state index contributed by atoms with van der Waals surface area (Å²) in [5, 5.41) is 3.43. The molecule has 0 amide bonds. The first-order valence-electron chi connectivity index (χ1n) is 5.51. The molecular weight excluding hydrogens is 198 g/mol. The van der Waals surface area contributed by atoms with Crippen LogP contribution >= 0.6 is 11.6 Å². The van der Waals surface area contributed by atoms with Gasteiger partial charge in [0.1, 0.15) is 0 Å². The molecule has 2 nitrogen and oxygen atoms in total. The van der Waals surface area contributed by atoms with E-state index in [0.29, 0.717) is 5.88 Å². The molecule has 0 aromatic carbocycles. The topological polar surface area (TPSA) is 21.3 Å². The van der Waals surface area contributed by atoms with Gasteiger partial charge in [-0.05, 0) is 26.7 Å². The average Bonchev–Trinajstić information content (AvgIpc) is 2.11. The number of hydrogen-bond acceptors (Lipinski definition) is 2. The van der Waals surface area contributed by atoms with Crippen LogP contribution in [0, 0.1) is 0 Å². The van der Waals surface area contributed by atoms with Crippen molar-refractivity contribution < 1.29 is 4.74 Å². The second-order valence-corrected chi connectivity index (χ2v) is 4.59. The Morgan fingerprint density at radius 2 is 2.00 bits per heavy atom. The Morgan fingerprint density at radius 3 is 2.57 bits per heavy atom. The van der Waals surface area contributed by atoms with Crippen LogP contribution in [-0.4, -0.2) is 31.2 Å². The van der Waals surface area contributed by atoms with E-state index >= 15 is 0 Å². The van der Waals surface area contributed by atoms with Crippen LogP contribution in [-0.2, 0) is 4.74 Å². The molecule has 0 fully saturated rings. The Labute approximate surface area is 93.4 Å². The molecule has 0 aliphatic heterocycles. The molecule has 0 aliphatic carbocycles. The fourth-order valence-electron chi connectivity index (χ4n) is 1.13. The normalized spacial score (nSPS) is 12.0. The molecule has 1 N–H and O–H groups in total. The first-order valence-corrected chi connectivity index (χ1v) is 6.04. The quantitative estimate of drug-likeness (QED) is 0.478. The second kappa shape index (κ2) is 8.51. The highest BCUT2D eigenvalue weighted by Gasteiger charge is 2.14. The van der Waals surface area contributed by atoms with Gasteiger partial charge in [-0.15, -0.1) is 11.6 Å². The van der Waals surface area contributed by atoms with Gasteiger partial charge in [-0.2, -0.15) is 0 Å². The van der Waals surface area contributed by atoms with Crippen LogP contribution in [0.4, 0.5) is 0 Å². The lowest BCUT2D eigenvalue weighted by atomic mass is 10.0. The van der Waals surface area contributed by atoms with Gasteiger partial charge >= 0.3 is 0 Å². The van der Waals surface area contributed by atoms with Gasteiger partial charge in [0.25, 0.3) is 0 Å². The minimum atomic E-state index is 0.135. The van der Waals surface area contributed by atoms with E-state index in [2.05, 4.69) is 26.1 Å². The van der Waals surface area contributed by atoms with E-state index in [1.165, 1.54) is 6.42 Å². The Hall–Kier alpha value is 0.210. The summed E-state index contributed by atoms with van der Waals surface area (Å²) < 4.78 is 5.45. The van der Waals surface area contributed by atoms with Crippen molar-refractivity contribution in [3.8, 4) is 0 Å². The first-order chi connectivity index (χ1) is 6.62. The molecule has 0 unspecified atom stereocenters. The molecule has 0 aromatic heterocycles. The molecule has 3 heteroatoms. The van der Waals surface area contributed by atoms with Crippen molar-refractivity contribution in [1.29, 1.82) is 0 Å². The fraction of sp³-hybridized carbons (Fsp3) is 1.00. The Balaban J connectivity index is 3.26. The maximum absolute atomic E-state index is 5.70. The number of hydrogen-bond donors (Lipinski definition) is 1. The van der Waals surface area contributed by atoms with Crippen molar-refractivity contribution in [3.63, 3.8) is 0 Å². The van der Waals surface area contributed by atoms with Crippen LogP contribution in [0.3, 0.4) is 0 Å². The van der Waals surface area contributed by atoms with Gasteiger partial charge in [0, 0.05) is 24.6 Å². The van der Waals surface area contributed by atoms with E-state index in [1.807, 2.05) is 0 Å². The molecule has 86 valence electrons. The number of halogens is 1. The molecule has 0 radical (unpaired) electrons. The van der Waals surface area contributed by atoms with Gasteiger partial charge in [0.2, 0.25) is 0 Å². The molecule has 0 saturated heterocycles. The minimum absolute atomic E-state index is 0.135. The molecule has 0 aliphatic rings. The first kappa shape index (κ1) is 14.2. The monoisotopic (exact) mass is 221 g/mol. The predicted octanol–water partition coefficient (Wildman–Crippen LogP) is 2.80. The third-order valence-electron chi connectivity index (χ3n) is 2.21. The van der Waals surface area contributed by atoms with E-state index in [1.54, 1.807) is 0 Å². The number of alkyl halides is 1. The standard InChI is InChI=1S/C11H24ClNO/c1-4-5-9-14-10-8-13-11(2,3)6-7-12/h13H,4-10H2,1-3H3. The highest BCUT2D eigenvalue weighted by atomic mass is 35.5. The molecule has 0 heterocycles. The van der Waals surface area contributed by atoms with Crippen LogP contribution in [0.15, 0.2) is 0 Å². The number of unbranched alkanes of at least 4 members (excludes halogenated alkanes) is 1. The third-order valence-corrected chi connectivity index (χ3v) is 2.40. The molecule has 0 rings (SSSR count). The second-order valence-electron chi connectivity index (χ2n) is 4.22. The summed E-state index contributed by atoms with van der Waals surface area (Å²) in [5.74, 6) is 0.705. The van der Waals surface area contributed by atoms with E-state index in [0.717, 1.165) is 32.6 Å². The van der Waals surface area contributed by atoms with Crippen molar-refractivity contribution in [1.82, 2.24) is 5.32 Å². The number of ether oxygens (including phenoxy) is 1. The third kappa shape index (κ3) is 8.79. The van der Waals surface area contributed by atoms with Gasteiger partial charge in [-0.25, -0.2) is 0 Å². The maximum atomic E-state index is 5.70. The predicted molar refractivity (Wildman–Crippen MR) is 63.1 cm³/mol. The lowest BCUT2D eigenvalue weighted by molar-refractivity contribution is 0.127. The lowest BCUT2D eigenvalue weighted by Crippen LogP contribution is -2.41.